The highest BCUT2D eigenvalue weighted by atomic mass is 16.2. The summed E-state index contributed by atoms with van der Waals surface area (Å²) < 4.78 is 0. The van der Waals surface area contributed by atoms with Crippen molar-refractivity contribution in [3.05, 3.63) is 11.6 Å². The molecule has 0 radical (unpaired) electrons. The molecule has 1 aliphatic carbocycles. The van der Waals surface area contributed by atoms with Gasteiger partial charge in [0.1, 0.15) is 0 Å². The van der Waals surface area contributed by atoms with E-state index in [1.54, 1.807) is 0 Å². The van der Waals surface area contributed by atoms with Crippen molar-refractivity contribution in [2.45, 2.75) is 52.4 Å². The van der Waals surface area contributed by atoms with E-state index in [1.807, 2.05) is 19.9 Å². The third-order valence-corrected chi connectivity index (χ3v) is 3.71. The van der Waals surface area contributed by atoms with Crippen LogP contribution in [0.2, 0.25) is 0 Å². The standard InChI is InChI=1S/C14H26N2O/c1-12(2)7-10-16-13(17)14(11-15)8-5-3-4-6-9-14/h7H,3-6,8-11,15H2,1-2H3,(H,16,17). The van der Waals surface area contributed by atoms with E-state index in [2.05, 4.69) is 5.32 Å². The molecule has 0 aromatic heterocycles. The molecular formula is C14H26N2O. The number of allylic oxidation sites excluding steroid dienone is 1. The molecule has 0 bridgehead atoms. The lowest BCUT2D eigenvalue weighted by molar-refractivity contribution is -0.131. The fourth-order valence-corrected chi connectivity index (χ4v) is 2.46. The molecule has 98 valence electrons. The number of hydrogen-bond donors (Lipinski definition) is 2. The molecule has 0 atom stereocenters. The first-order chi connectivity index (χ1) is 8.10. The highest BCUT2D eigenvalue weighted by Gasteiger charge is 2.36. The lowest BCUT2D eigenvalue weighted by atomic mass is 9.79. The molecule has 0 heterocycles. The Morgan fingerprint density at radius 3 is 2.29 bits per heavy atom. The van der Waals surface area contributed by atoms with Crippen LogP contribution < -0.4 is 11.1 Å². The lowest BCUT2D eigenvalue weighted by Gasteiger charge is -2.29. The molecule has 1 aliphatic rings. The molecule has 17 heavy (non-hydrogen) atoms. The van der Waals surface area contributed by atoms with E-state index in [-0.39, 0.29) is 11.3 Å². The van der Waals surface area contributed by atoms with Crippen LogP contribution in [0.25, 0.3) is 0 Å². The van der Waals surface area contributed by atoms with Crippen molar-refractivity contribution in [2.24, 2.45) is 11.1 Å². The average Bonchev–Trinajstić information content (AvgIpc) is 2.54. The first-order valence-electron chi connectivity index (χ1n) is 6.72. The van der Waals surface area contributed by atoms with Gasteiger partial charge in [-0.25, -0.2) is 0 Å². The smallest absolute Gasteiger partial charge is 0.227 e. The number of carbonyl (C=O) groups is 1. The van der Waals surface area contributed by atoms with Gasteiger partial charge in [0.25, 0.3) is 0 Å². The second kappa shape index (κ2) is 6.80. The van der Waals surface area contributed by atoms with E-state index in [4.69, 9.17) is 5.73 Å². The number of nitrogens with two attached hydrogens (primary N) is 1. The Kier molecular flexibility index (Phi) is 5.69. The monoisotopic (exact) mass is 238 g/mol. The first kappa shape index (κ1) is 14.2. The van der Waals surface area contributed by atoms with Crippen molar-refractivity contribution in [2.75, 3.05) is 13.1 Å². The van der Waals surface area contributed by atoms with Crippen molar-refractivity contribution < 1.29 is 4.79 Å². The predicted molar refractivity (Wildman–Crippen MR) is 71.6 cm³/mol. The van der Waals surface area contributed by atoms with E-state index in [0.29, 0.717) is 13.1 Å². The third kappa shape index (κ3) is 4.15. The summed E-state index contributed by atoms with van der Waals surface area (Å²) in [4.78, 5) is 12.3. The molecule has 3 nitrogen and oxygen atoms in total. The maximum atomic E-state index is 12.3. The van der Waals surface area contributed by atoms with Crippen LogP contribution in [0.3, 0.4) is 0 Å². The summed E-state index contributed by atoms with van der Waals surface area (Å²) in [6.45, 7) is 5.18. The van der Waals surface area contributed by atoms with E-state index in [1.165, 1.54) is 18.4 Å². The number of nitrogens with one attached hydrogen (secondary N) is 1. The average molecular weight is 238 g/mol. The molecule has 0 unspecified atom stereocenters. The zero-order chi connectivity index (χ0) is 12.7. The van der Waals surface area contributed by atoms with Crippen molar-refractivity contribution >= 4 is 5.91 Å². The molecule has 3 heteroatoms. The van der Waals surface area contributed by atoms with Gasteiger partial charge in [-0.1, -0.05) is 37.3 Å². The van der Waals surface area contributed by atoms with Crippen LogP contribution in [0.5, 0.6) is 0 Å². The Morgan fingerprint density at radius 2 is 1.82 bits per heavy atom. The Labute approximate surface area is 105 Å². The maximum Gasteiger partial charge on any atom is 0.227 e. The minimum absolute atomic E-state index is 0.152. The zero-order valence-electron chi connectivity index (χ0n) is 11.2. The topological polar surface area (TPSA) is 55.1 Å². The molecule has 0 saturated heterocycles. The van der Waals surface area contributed by atoms with E-state index in [0.717, 1.165) is 25.7 Å². The van der Waals surface area contributed by atoms with Crippen LogP contribution in [0.15, 0.2) is 11.6 Å². The fourth-order valence-electron chi connectivity index (χ4n) is 2.46. The summed E-state index contributed by atoms with van der Waals surface area (Å²) in [5, 5.41) is 3.01. The van der Waals surface area contributed by atoms with Crippen LogP contribution in [0.1, 0.15) is 52.4 Å². The van der Waals surface area contributed by atoms with Crippen LogP contribution in [0.4, 0.5) is 0 Å². The molecule has 1 saturated carbocycles. The summed E-state index contributed by atoms with van der Waals surface area (Å²) in [6.07, 6.45) is 8.68. The second-order valence-corrected chi connectivity index (χ2v) is 5.39. The highest BCUT2D eigenvalue weighted by molar-refractivity contribution is 5.83. The Hall–Kier alpha value is -0.830. The SMILES string of the molecule is CC(C)=CCNC(=O)C1(CN)CCCCCC1. The van der Waals surface area contributed by atoms with Gasteiger partial charge in [-0.3, -0.25) is 4.79 Å². The largest absolute Gasteiger partial charge is 0.352 e. The van der Waals surface area contributed by atoms with Gasteiger partial charge in [0.2, 0.25) is 5.91 Å². The maximum absolute atomic E-state index is 12.3. The quantitative estimate of drug-likeness (QED) is 0.583. The summed E-state index contributed by atoms with van der Waals surface area (Å²) >= 11 is 0. The van der Waals surface area contributed by atoms with Gasteiger partial charge >= 0.3 is 0 Å². The molecule has 3 N–H and O–H groups in total. The molecule has 0 aromatic carbocycles. The Morgan fingerprint density at radius 1 is 1.24 bits per heavy atom. The number of amides is 1. The van der Waals surface area contributed by atoms with Crippen molar-refractivity contribution in [3.8, 4) is 0 Å². The van der Waals surface area contributed by atoms with Crippen molar-refractivity contribution in [1.29, 1.82) is 0 Å². The molecule has 1 rings (SSSR count). The van der Waals surface area contributed by atoms with Crippen LogP contribution in [0, 0.1) is 5.41 Å². The van der Waals surface area contributed by atoms with Gasteiger partial charge in [-0.2, -0.15) is 0 Å². The van der Waals surface area contributed by atoms with Gasteiger partial charge < -0.3 is 11.1 Å². The van der Waals surface area contributed by atoms with E-state index < -0.39 is 0 Å². The van der Waals surface area contributed by atoms with Crippen LogP contribution in [-0.4, -0.2) is 19.0 Å². The van der Waals surface area contributed by atoms with E-state index in [9.17, 15) is 4.79 Å². The lowest BCUT2D eigenvalue weighted by Crippen LogP contribution is -2.45. The van der Waals surface area contributed by atoms with E-state index >= 15 is 0 Å². The summed E-state index contributed by atoms with van der Waals surface area (Å²) in [6, 6.07) is 0. The Balaban J connectivity index is 2.58. The second-order valence-electron chi connectivity index (χ2n) is 5.39. The van der Waals surface area contributed by atoms with Crippen molar-refractivity contribution in [3.63, 3.8) is 0 Å². The normalized spacial score (nSPS) is 19.2. The molecule has 0 aliphatic heterocycles. The van der Waals surface area contributed by atoms with Crippen LogP contribution >= 0.6 is 0 Å². The van der Waals surface area contributed by atoms with Gasteiger partial charge in [0.15, 0.2) is 0 Å². The molecular weight excluding hydrogens is 212 g/mol. The molecule has 1 fully saturated rings. The number of hydrogen-bond acceptors (Lipinski definition) is 2. The zero-order valence-corrected chi connectivity index (χ0v) is 11.2. The number of carbonyl (C=O) groups excluding carboxylic acids is 1. The van der Waals surface area contributed by atoms with Gasteiger partial charge in [-0.05, 0) is 26.7 Å². The molecule has 0 aromatic rings. The predicted octanol–water partition coefficient (Wildman–Crippen LogP) is 2.37. The summed E-state index contributed by atoms with van der Waals surface area (Å²) in [7, 11) is 0. The Bertz CT molecular complexity index is 272. The summed E-state index contributed by atoms with van der Waals surface area (Å²) in [5.74, 6) is 0.152. The highest BCUT2D eigenvalue weighted by Crippen LogP contribution is 2.34. The van der Waals surface area contributed by atoms with Gasteiger partial charge in [-0.15, -0.1) is 0 Å². The third-order valence-electron chi connectivity index (χ3n) is 3.71. The number of rotatable bonds is 4. The minimum Gasteiger partial charge on any atom is -0.352 e. The van der Waals surface area contributed by atoms with Gasteiger partial charge in [0.05, 0.1) is 5.41 Å². The minimum atomic E-state index is -0.300. The van der Waals surface area contributed by atoms with Gasteiger partial charge in [0, 0.05) is 13.1 Å². The summed E-state index contributed by atoms with van der Waals surface area (Å²) in [5.41, 5.74) is 6.79. The fraction of sp³-hybridized carbons (Fsp3) is 0.786. The van der Waals surface area contributed by atoms with Crippen LogP contribution in [-0.2, 0) is 4.79 Å². The first-order valence-corrected chi connectivity index (χ1v) is 6.72. The molecule has 0 spiro atoms. The molecule has 1 amide bonds. The van der Waals surface area contributed by atoms with Crippen molar-refractivity contribution in [1.82, 2.24) is 5.32 Å².